The number of thiazole rings is 1. The van der Waals surface area contributed by atoms with Crippen LogP contribution >= 0.6 is 11.3 Å². The number of carbonyl (C=O) groups excluding carboxylic acids is 1. The number of nitrogens with two attached hydrogens (primary N) is 2. The van der Waals surface area contributed by atoms with E-state index in [0.717, 1.165) is 57.0 Å². The lowest BCUT2D eigenvalue weighted by molar-refractivity contribution is 0.0798. The van der Waals surface area contributed by atoms with Crippen LogP contribution in [0.15, 0.2) is 0 Å². The minimum atomic E-state index is 0.0325. The van der Waals surface area contributed by atoms with Crippen molar-refractivity contribution in [3.8, 4) is 0 Å². The van der Waals surface area contributed by atoms with Crippen LogP contribution in [0, 0.1) is 0 Å². The number of carbonyl (C=O) groups is 1. The smallest absolute Gasteiger partial charge is 0.267 e. The highest BCUT2D eigenvalue weighted by Gasteiger charge is 2.27. The van der Waals surface area contributed by atoms with Crippen LogP contribution < -0.4 is 16.4 Å². The summed E-state index contributed by atoms with van der Waals surface area (Å²) in [5.41, 5.74) is 11.9. The molecule has 20 heavy (non-hydrogen) atoms. The number of likely N-dealkylation sites (tertiary alicyclic amines) is 1. The molecule has 0 aromatic carbocycles. The van der Waals surface area contributed by atoms with Crippen LogP contribution in [0.4, 0.5) is 10.9 Å². The van der Waals surface area contributed by atoms with Crippen molar-refractivity contribution in [3.63, 3.8) is 0 Å². The van der Waals surface area contributed by atoms with E-state index in [4.69, 9.17) is 11.5 Å². The molecule has 1 unspecified atom stereocenters. The number of rotatable bonds is 2. The molecular formula is C13H21N5OS. The monoisotopic (exact) mass is 295 g/mol. The predicted molar refractivity (Wildman–Crippen MR) is 81.1 cm³/mol. The summed E-state index contributed by atoms with van der Waals surface area (Å²) in [5.74, 6) is 0.395. The highest BCUT2D eigenvalue weighted by molar-refractivity contribution is 7.18. The van der Waals surface area contributed by atoms with Gasteiger partial charge in [-0.05, 0) is 25.7 Å². The largest absolute Gasteiger partial charge is 0.382 e. The molecule has 0 radical (unpaired) electrons. The van der Waals surface area contributed by atoms with Crippen LogP contribution in [0.1, 0.15) is 35.4 Å². The van der Waals surface area contributed by atoms with Crippen LogP contribution in [-0.4, -0.2) is 48.0 Å². The average Bonchev–Trinajstić information content (AvgIpc) is 3.07. The summed E-state index contributed by atoms with van der Waals surface area (Å²) < 4.78 is 0. The molecule has 2 aliphatic rings. The first-order valence-electron chi connectivity index (χ1n) is 7.21. The highest BCUT2D eigenvalue weighted by Crippen LogP contribution is 2.31. The summed E-state index contributed by atoms with van der Waals surface area (Å²) in [4.78, 5) is 21.4. The van der Waals surface area contributed by atoms with Crippen molar-refractivity contribution in [1.82, 2.24) is 9.88 Å². The third kappa shape index (κ3) is 2.60. The Morgan fingerprint density at radius 1 is 1.25 bits per heavy atom. The minimum absolute atomic E-state index is 0.0325. The molecule has 0 aliphatic carbocycles. The summed E-state index contributed by atoms with van der Waals surface area (Å²) in [6.45, 7) is 3.41. The fraction of sp³-hybridized carbons (Fsp3) is 0.692. The molecule has 3 heterocycles. The van der Waals surface area contributed by atoms with Gasteiger partial charge in [0.15, 0.2) is 5.13 Å². The molecule has 0 spiro atoms. The first-order valence-corrected chi connectivity index (χ1v) is 8.03. The number of anilines is 2. The van der Waals surface area contributed by atoms with Gasteiger partial charge < -0.3 is 21.3 Å². The Bertz CT molecular complexity index is 497. The Morgan fingerprint density at radius 2 is 2.00 bits per heavy atom. The molecule has 1 aromatic rings. The summed E-state index contributed by atoms with van der Waals surface area (Å²) in [6, 6.07) is 0.187. The quantitative estimate of drug-likeness (QED) is 0.846. The molecule has 4 N–H and O–H groups in total. The summed E-state index contributed by atoms with van der Waals surface area (Å²) in [5, 5.41) is 0.834. The molecule has 1 atom stereocenters. The maximum Gasteiger partial charge on any atom is 0.267 e. The number of nitrogens with zero attached hydrogens (tertiary/aromatic N) is 3. The average molecular weight is 295 g/mol. The van der Waals surface area contributed by atoms with Gasteiger partial charge in [0.2, 0.25) is 0 Å². The minimum Gasteiger partial charge on any atom is -0.382 e. The van der Waals surface area contributed by atoms with E-state index in [1.165, 1.54) is 11.3 Å². The summed E-state index contributed by atoms with van der Waals surface area (Å²) in [6.07, 6.45) is 4.28. The maximum absolute atomic E-state index is 12.4. The topological polar surface area (TPSA) is 88.5 Å². The molecule has 0 saturated carbocycles. The van der Waals surface area contributed by atoms with E-state index >= 15 is 0 Å². The molecule has 1 amide bonds. The molecule has 110 valence electrons. The fourth-order valence-corrected chi connectivity index (χ4v) is 3.84. The van der Waals surface area contributed by atoms with Crippen molar-refractivity contribution >= 4 is 28.2 Å². The van der Waals surface area contributed by atoms with Gasteiger partial charge in [-0.3, -0.25) is 4.79 Å². The molecule has 7 heteroatoms. The van der Waals surface area contributed by atoms with E-state index in [2.05, 4.69) is 9.88 Å². The highest BCUT2D eigenvalue weighted by atomic mass is 32.1. The molecule has 6 nitrogen and oxygen atoms in total. The van der Waals surface area contributed by atoms with Crippen LogP contribution in [0.25, 0.3) is 0 Å². The number of aromatic nitrogens is 1. The van der Waals surface area contributed by atoms with Gasteiger partial charge in [-0.25, -0.2) is 4.98 Å². The van der Waals surface area contributed by atoms with E-state index < -0.39 is 0 Å². The third-order valence-corrected chi connectivity index (χ3v) is 5.08. The number of hydrogen-bond donors (Lipinski definition) is 2. The second kappa shape index (κ2) is 5.57. The van der Waals surface area contributed by atoms with E-state index in [9.17, 15) is 4.79 Å². The van der Waals surface area contributed by atoms with Gasteiger partial charge >= 0.3 is 0 Å². The maximum atomic E-state index is 12.4. The zero-order valence-electron chi connectivity index (χ0n) is 11.5. The van der Waals surface area contributed by atoms with E-state index in [1.54, 1.807) is 0 Å². The van der Waals surface area contributed by atoms with Crippen LogP contribution in [0.2, 0.25) is 0 Å². The lowest BCUT2D eigenvalue weighted by Crippen LogP contribution is -2.42. The number of piperidine rings is 1. The van der Waals surface area contributed by atoms with Gasteiger partial charge in [0.25, 0.3) is 5.91 Å². The van der Waals surface area contributed by atoms with Gasteiger partial charge in [-0.15, -0.1) is 0 Å². The van der Waals surface area contributed by atoms with Crippen molar-refractivity contribution in [3.05, 3.63) is 4.88 Å². The normalized spacial score (nSPS) is 23.4. The fourth-order valence-electron chi connectivity index (χ4n) is 2.86. The number of amides is 1. The summed E-state index contributed by atoms with van der Waals surface area (Å²) >= 11 is 1.41. The zero-order chi connectivity index (χ0) is 14.1. The zero-order valence-corrected chi connectivity index (χ0v) is 12.4. The van der Waals surface area contributed by atoms with Crippen LogP contribution in [0.5, 0.6) is 0 Å². The van der Waals surface area contributed by atoms with Crippen molar-refractivity contribution in [2.24, 2.45) is 5.73 Å². The molecule has 1 aromatic heterocycles. The Morgan fingerprint density at radius 3 is 2.70 bits per heavy atom. The molecular weight excluding hydrogens is 274 g/mol. The van der Waals surface area contributed by atoms with Gasteiger partial charge in [0, 0.05) is 32.2 Å². The first kappa shape index (κ1) is 13.6. The Balaban J connectivity index is 1.78. The first-order chi connectivity index (χ1) is 9.65. The van der Waals surface area contributed by atoms with Crippen molar-refractivity contribution < 1.29 is 4.79 Å². The predicted octanol–water partition coefficient (Wildman–Crippen LogP) is 0.889. The molecule has 2 fully saturated rings. The van der Waals surface area contributed by atoms with E-state index in [-0.39, 0.29) is 11.9 Å². The molecule has 2 saturated heterocycles. The SMILES string of the molecule is Nc1nc(N2CCCC(N)C2)sc1C(=O)N1CCCC1. The Kier molecular flexibility index (Phi) is 3.80. The number of hydrogen-bond acceptors (Lipinski definition) is 6. The van der Waals surface area contributed by atoms with Crippen molar-refractivity contribution in [2.75, 3.05) is 36.8 Å². The van der Waals surface area contributed by atoms with Crippen LogP contribution in [-0.2, 0) is 0 Å². The van der Waals surface area contributed by atoms with Crippen molar-refractivity contribution in [1.29, 1.82) is 0 Å². The van der Waals surface area contributed by atoms with Gasteiger partial charge in [-0.1, -0.05) is 11.3 Å². The lowest BCUT2D eigenvalue weighted by Gasteiger charge is -2.30. The lowest BCUT2D eigenvalue weighted by atomic mass is 10.1. The third-order valence-electron chi connectivity index (χ3n) is 3.96. The molecule has 0 bridgehead atoms. The standard InChI is InChI=1S/C13H21N5OS/c14-9-4-3-7-18(8-9)13-16-11(15)10(20-13)12(19)17-5-1-2-6-17/h9H,1-8,14-15H2. The second-order valence-corrected chi connectivity index (χ2v) is 6.54. The van der Waals surface area contributed by atoms with Gasteiger partial charge in [0.1, 0.15) is 10.7 Å². The molecule has 3 rings (SSSR count). The second-order valence-electron chi connectivity index (χ2n) is 5.56. The number of nitrogen functional groups attached to an aromatic ring is 1. The van der Waals surface area contributed by atoms with Crippen LogP contribution in [0.3, 0.4) is 0 Å². The van der Waals surface area contributed by atoms with E-state index in [0.29, 0.717) is 10.7 Å². The molecule has 2 aliphatic heterocycles. The van der Waals surface area contributed by atoms with Gasteiger partial charge in [-0.2, -0.15) is 0 Å². The van der Waals surface area contributed by atoms with Gasteiger partial charge in [0.05, 0.1) is 0 Å². The van der Waals surface area contributed by atoms with E-state index in [1.807, 2.05) is 4.90 Å². The Labute approximate surface area is 122 Å². The Hall–Kier alpha value is -1.34. The van der Waals surface area contributed by atoms with Crippen molar-refractivity contribution in [2.45, 2.75) is 31.7 Å². The summed E-state index contributed by atoms with van der Waals surface area (Å²) in [7, 11) is 0.